The van der Waals surface area contributed by atoms with E-state index >= 15 is 0 Å². The van der Waals surface area contributed by atoms with E-state index < -0.39 is 35.2 Å². The number of carbonyl (C=O) groups excluding carboxylic acids is 1. The minimum atomic E-state index is -4.80. The van der Waals surface area contributed by atoms with Crippen LogP contribution in [0.4, 0.5) is 17.6 Å². The number of ether oxygens (including phenoxy) is 1. The number of fused-ring (bicyclic) bond motifs is 1. The van der Waals surface area contributed by atoms with Gasteiger partial charge in [-0.25, -0.2) is 9.37 Å². The molecule has 2 aromatic heterocycles. The largest absolute Gasteiger partial charge is 0.496 e. The Morgan fingerprint density at radius 1 is 1.09 bits per heavy atom. The third-order valence-corrected chi connectivity index (χ3v) is 4.58. The van der Waals surface area contributed by atoms with Crippen LogP contribution < -0.4 is 10.1 Å². The third-order valence-electron chi connectivity index (χ3n) is 4.58. The molecule has 0 aliphatic rings. The Hall–Kier alpha value is -4.02. The first-order chi connectivity index (χ1) is 15.3. The minimum Gasteiger partial charge on any atom is -0.496 e. The number of nitrogens with one attached hydrogen (secondary N) is 1. The Morgan fingerprint density at radius 2 is 1.81 bits per heavy atom. The number of halogens is 4. The quantitative estimate of drug-likeness (QED) is 0.472. The molecule has 0 aliphatic heterocycles. The Balaban J connectivity index is 1.69. The van der Waals surface area contributed by atoms with Crippen LogP contribution in [0.15, 0.2) is 54.6 Å². The van der Waals surface area contributed by atoms with E-state index in [0.29, 0.717) is 15.8 Å². The van der Waals surface area contributed by atoms with Gasteiger partial charge in [0, 0.05) is 17.7 Å². The second kappa shape index (κ2) is 8.25. The molecule has 32 heavy (non-hydrogen) atoms. The van der Waals surface area contributed by atoms with Gasteiger partial charge in [0.15, 0.2) is 5.69 Å². The van der Waals surface area contributed by atoms with Gasteiger partial charge in [-0.15, -0.1) is 5.10 Å². The molecule has 7 nitrogen and oxygen atoms in total. The fraction of sp³-hybridized carbons (Fsp3) is 0.143. The van der Waals surface area contributed by atoms with Gasteiger partial charge in [0.25, 0.3) is 11.7 Å². The lowest BCUT2D eigenvalue weighted by Crippen LogP contribution is -2.24. The zero-order chi connectivity index (χ0) is 22.9. The maximum Gasteiger partial charge on any atom is 0.433 e. The topological polar surface area (TPSA) is 81.4 Å². The summed E-state index contributed by atoms with van der Waals surface area (Å²) in [7, 11) is 1.48. The van der Waals surface area contributed by atoms with E-state index in [4.69, 9.17) is 4.74 Å². The molecule has 0 bridgehead atoms. The summed E-state index contributed by atoms with van der Waals surface area (Å²) < 4.78 is 59.8. The Bertz CT molecular complexity index is 1290. The van der Waals surface area contributed by atoms with E-state index in [1.165, 1.54) is 19.2 Å². The molecule has 0 saturated carbocycles. The predicted octanol–water partition coefficient (Wildman–Crippen LogP) is 3.89. The van der Waals surface area contributed by atoms with Crippen LogP contribution in [0.1, 0.15) is 21.9 Å². The molecule has 164 valence electrons. The highest BCUT2D eigenvalue weighted by Crippen LogP contribution is 2.32. The fourth-order valence-electron chi connectivity index (χ4n) is 3.04. The second-order valence-corrected chi connectivity index (χ2v) is 6.67. The number of para-hydroxylation sites is 1. The van der Waals surface area contributed by atoms with E-state index in [2.05, 4.69) is 20.4 Å². The summed E-state index contributed by atoms with van der Waals surface area (Å²) >= 11 is 0. The average molecular weight is 445 g/mol. The maximum atomic E-state index is 13.6. The standard InChI is InChI=1S/C21H15F4N5O2/c1-32-16-5-3-2-4-13(16)11-26-19(31)18-28-20-27-15(12-6-8-14(22)9-7-12)10-17(21(23,24)25)30(20)29-18/h2-10H,11H2,1H3,(H,26,31). The van der Waals surface area contributed by atoms with Gasteiger partial charge in [-0.3, -0.25) is 4.79 Å². The zero-order valence-corrected chi connectivity index (χ0v) is 16.5. The van der Waals surface area contributed by atoms with Gasteiger partial charge in [0.1, 0.15) is 11.6 Å². The summed E-state index contributed by atoms with van der Waals surface area (Å²) in [5, 5.41) is 6.26. The van der Waals surface area contributed by atoms with Gasteiger partial charge in [0.05, 0.1) is 12.8 Å². The number of amides is 1. The molecular weight excluding hydrogens is 430 g/mol. The van der Waals surface area contributed by atoms with Crippen LogP contribution in [0.25, 0.3) is 17.0 Å². The number of hydrogen-bond acceptors (Lipinski definition) is 5. The van der Waals surface area contributed by atoms with Crippen LogP contribution in [-0.4, -0.2) is 32.6 Å². The highest BCUT2D eigenvalue weighted by atomic mass is 19.4. The molecule has 4 aromatic rings. The van der Waals surface area contributed by atoms with Crippen molar-refractivity contribution in [3.8, 4) is 17.0 Å². The molecule has 1 amide bonds. The maximum absolute atomic E-state index is 13.6. The molecule has 11 heteroatoms. The number of benzene rings is 2. The number of hydrogen-bond donors (Lipinski definition) is 1. The van der Waals surface area contributed by atoms with Crippen molar-refractivity contribution in [3.05, 3.63) is 77.5 Å². The summed E-state index contributed by atoms with van der Waals surface area (Å²) in [5.41, 5.74) is -0.333. The lowest BCUT2D eigenvalue weighted by molar-refractivity contribution is -0.142. The van der Waals surface area contributed by atoms with E-state index in [9.17, 15) is 22.4 Å². The van der Waals surface area contributed by atoms with E-state index in [-0.39, 0.29) is 17.8 Å². The van der Waals surface area contributed by atoms with Crippen LogP contribution in [-0.2, 0) is 12.7 Å². The SMILES string of the molecule is COc1ccccc1CNC(=O)c1nc2nc(-c3ccc(F)cc3)cc(C(F)(F)F)n2n1. The molecule has 0 radical (unpaired) electrons. The summed E-state index contributed by atoms with van der Waals surface area (Å²) in [4.78, 5) is 20.4. The molecule has 2 aromatic carbocycles. The molecule has 0 saturated heterocycles. The minimum absolute atomic E-state index is 0.0543. The smallest absolute Gasteiger partial charge is 0.433 e. The van der Waals surface area contributed by atoms with Gasteiger partial charge < -0.3 is 10.1 Å². The van der Waals surface area contributed by atoms with Crippen molar-refractivity contribution in [1.82, 2.24) is 24.9 Å². The Morgan fingerprint density at radius 3 is 2.50 bits per heavy atom. The zero-order valence-electron chi connectivity index (χ0n) is 16.5. The summed E-state index contributed by atoms with van der Waals surface area (Å²) in [6.07, 6.45) is -4.80. The van der Waals surface area contributed by atoms with Crippen molar-refractivity contribution >= 4 is 11.7 Å². The Kier molecular flexibility index (Phi) is 5.47. The lowest BCUT2D eigenvalue weighted by Gasteiger charge is -2.10. The summed E-state index contributed by atoms with van der Waals surface area (Å²) in [6, 6.07) is 12.5. The number of rotatable bonds is 5. The molecule has 0 atom stereocenters. The van der Waals surface area contributed by atoms with Crippen LogP contribution in [0.5, 0.6) is 5.75 Å². The Labute approximate surface area is 178 Å². The van der Waals surface area contributed by atoms with Crippen LogP contribution in [0, 0.1) is 5.82 Å². The lowest BCUT2D eigenvalue weighted by atomic mass is 10.1. The van der Waals surface area contributed by atoms with Crippen LogP contribution >= 0.6 is 0 Å². The number of carbonyl (C=O) groups is 1. The molecule has 0 aliphatic carbocycles. The molecule has 0 fully saturated rings. The van der Waals surface area contributed by atoms with Crippen molar-refractivity contribution in [3.63, 3.8) is 0 Å². The highest BCUT2D eigenvalue weighted by Gasteiger charge is 2.36. The van der Waals surface area contributed by atoms with Crippen LogP contribution in [0.3, 0.4) is 0 Å². The average Bonchev–Trinajstić information content (AvgIpc) is 3.21. The number of alkyl halides is 3. The van der Waals surface area contributed by atoms with Crippen molar-refractivity contribution in [2.45, 2.75) is 12.7 Å². The van der Waals surface area contributed by atoms with Crippen molar-refractivity contribution in [2.75, 3.05) is 7.11 Å². The first-order valence-corrected chi connectivity index (χ1v) is 9.27. The molecule has 4 rings (SSSR count). The van der Waals surface area contributed by atoms with Gasteiger partial charge in [-0.05, 0) is 36.4 Å². The molecule has 2 heterocycles. The molecule has 0 unspecified atom stereocenters. The molecular formula is C21H15F4N5O2. The van der Waals surface area contributed by atoms with E-state index in [1.54, 1.807) is 24.3 Å². The number of aromatic nitrogens is 4. The van der Waals surface area contributed by atoms with Gasteiger partial charge in [-0.2, -0.15) is 22.7 Å². The fourth-order valence-corrected chi connectivity index (χ4v) is 3.04. The summed E-state index contributed by atoms with van der Waals surface area (Å²) in [6.45, 7) is 0.0543. The van der Waals surface area contributed by atoms with Crippen LogP contribution in [0.2, 0.25) is 0 Å². The van der Waals surface area contributed by atoms with Gasteiger partial charge >= 0.3 is 6.18 Å². The predicted molar refractivity (Wildman–Crippen MR) is 105 cm³/mol. The third kappa shape index (κ3) is 4.22. The highest BCUT2D eigenvalue weighted by molar-refractivity contribution is 5.90. The van der Waals surface area contributed by atoms with Crippen molar-refractivity contribution in [2.24, 2.45) is 0 Å². The first kappa shape index (κ1) is 21.2. The van der Waals surface area contributed by atoms with E-state index in [1.807, 2.05) is 0 Å². The first-order valence-electron chi connectivity index (χ1n) is 9.27. The van der Waals surface area contributed by atoms with Crippen molar-refractivity contribution in [1.29, 1.82) is 0 Å². The van der Waals surface area contributed by atoms with Gasteiger partial charge in [0.2, 0.25) is 5.82 Å². The monoisotopic (exact) mass is 445 g/mol. The molecule has 0 spiro atoms. The normalized spacial score (nSPS) is 11.5. The van der Waals surface area contributed by atoms with Gasteiger partial charge in [-0.1, -0.05) is 18.2 Å². The summed E-state index contributed by atoms with van der Waals surface area (Å²) in [5.74, 6) is -1.67. The number of nitrogens with zero attached hydrogens (tertiary/aromatic N) is 4. The van der Waals surface area contributed by atoms with Crippen molar-refractivity contribution < 1.29 is 27.1 Å². The number of methoxy groups -OCH3 is 1. The van der Waals surface area contributed by atoms with E-state index in [0.717, 1.165) is 18.2 Å². The second-order valence-electron chi connectivity index (χ2n) is 6.67. The molecule has 1 N–H and O–H groups in total.